The molecule has 0 saturated carbocycles. The maximum absolute atomic E-state index is 12.4. The summed E-state index contributed by atoms with van der Waals surface area (Å²) in [7, 11) is -3.86. The van der Waals surface area contributed by atoms with E-state index in [4.69, 9.17) is 13.4 Å². The first-order chi connectivity index (χ1) is 12.4. The van der Waals surface area contributed by atoms with E-state index in [0.29, 0.717) is 23.6 Å². The van der Waals surface area contributed by atoms with E-state index in [1.807, 2.05) is 6.92 Å². The molecule has 9 heteroatoms. The third-order valence-electron chi connectivity index (χ3n) is 4.12. The summed E-state index contributed by atoms with van der Waals surface area (Å²) in [6.45, 7) is 3.48. The van der Waals surface area contributed by atoms with Gasteiger partial charge in [-0.2, -0.15) is 0 Å². The molecule has 0 radical (unpaired) electrons. The van der Waals surface area contributed by atoms with Gasteiger partial charge in [0.15, 0.2) is 5.76 Å². The molecule has 3 aromatic heterocycles. The van der Waals surface area contributed by atoms with Crippen molar-refractivity contribution in [3.8, 4) is 11.5 Å². The van der Waals surface area contributed by atoms with Crippen molar-refractivity contribution < 1.29 is 26.9 Å². The summed E-state index contributed by atoms with van der Waals surface area (Å²) >= 11 is 0. The van der Waals surface area contributed by atoms with Crippen LogP contribution in [0.25, 0.3) is 11.5 Å². The molecule has 0 spiro atoms. The van der Waals surface area contributed by atoms with Crippen LogP contribution in [0.2, 0.25) is 0 Å². The highest BCUT2D eigenvalue weighted by atomic mass is 32.2. The smallest absolute Gasteiger partial charge is 0.273 e. The van der Waals surface area contributed by atoms with Crippen LogP contribution in [-0.2, 0) is 16.4 Å². The number of aromatic nitrogens is 1. The average Bonchev–Trinajstić information content (AvgIpc) is 3.35. The van der Waals surface area contributed by atoms with Gasteiger partial charge < -0.3 is 18.5 Å². The molecular formula is C17H20N2O6S. The number of aryl methyl sites for hydroxylation is 1. The first kappa shape index (κ1) is 18.4. The number of nitrogens with one attached hydrogen (secondary N) is 1. The van der Waals surface area contributed by atoms with Gasteiger partial charge in [-0.25, -0.2) is 13.1 Å². The number of aliphatic hydroxyl groups excluding tert-OH is 1. The third-order valence-corrected chi connectivity index (χ3v) is 5.41. The molecule has 0 amide bonds. The summed E-state index contributed by atoms with van der Waals surface area (Å²) in [6.07, 6.45) is 1.96. The molecule has 8 nitrogen and oxygen atoms in total. The van der Waals surface area contributed by atoms with Crippen molar-refractivity contribution in [2.45, 2.75) is 25.4 Å². The normalized spacial score (nSPS) is 13.2. The van der Waals surface area contributed by atoms with Gasteiger partial charge in [0.05, 0.1) is 12.0 Å². The molecule has 0 aliphatic carbocycles. The van der Waals surface area contributed by atoms with Crippen LogP contribution >= 0.6 is 0 Å². The monoisotopic (exact) mass is 380 g/mol. The van der Waals surface area contributed by atoms with Gasteiger partial charge in [-0.15, -0.1) is 0 Å². The SMILES string of the molecule is Cc1noc(-c2ccc(S(=O)(=O)NCC(CO)Cc3ccco3)o2)c1C. The van der Waals surface area contributed by atoms with Crippen LogP contribution in [0.5, 0.6) is 0 Å². The fraction of sp³-hybridized carbons (Fsp3) is 0.353. The zero-order valence-corrected chi connectivity index (χ0v) is 15.2. The number of aliphatic hydroxyl groups is 1. The molecule has 3 aromatic rings. The van der Waals surface area contributed by atoms with Crippen LogP contribution in [0.1, 0.15) is 17.0 Å². The minimum atomic E-state index is -3.86. The van der Waals surface area contributed by atoms with E-state index in [2.05, 4.69) is 9.88 Å². The Morgan fingerprint density at radius 1 is 1.27 bits per heavy atom. The second-order valence-corrected chi connectivity index (χ2v) is 7.72. The second-order valence-electron chi connectivity index (χ2n) is 6.02. The largest absolute Gasteiger partial charge is 0.469 e. The molecule has 26 heavy (non-hydrogen) atoms. The number of nitrogens with zero attached hydrogens (tertiary/aromatic N) is 1. The van der Waals surface area contributed by atoms with E-state index < -0.39 is 10.0 Å². The van der Waals surface area contributed by atoms with Crippen LogP contribution in [-0.4, -0.2) is 31.8 Å². The minimum Gasteiger partial charge on any atom is -0.469 e. The maximum Gasteiger partial charge on any atom is 0.273 e. The zero-order chi connectivity index (χ0) is 18.7. The molecule has 1 atom stereocenters. The van der Waals surface area contributed by atoms with Crippen LogP contribution in [0.4, 0.5) is 0 Å². The minimum absolute atomic E-state index is 0.0516. The fourth-order valence-corrected chi connectivity index (χ4v) is 3.49. The van der Waals surface area contributed by atoms with Gasteiger partial charge in [-0.05, 0) is 38.1 Å². The molecule has 2 N–H and O–H groups in total. The predicted octanol–water partition coefficient (Wildman–Crippen LogP) is 2.27. The Hall–Kier alpha value is -2.36. The van der Waals surface area contributed by atoms with Crippen molar-refractivity contribution in [1.29, 1.82) is 0 Å². The van der Waals surface area contributed by atoms with Gasteiger partial charge in [0.1, 0.15) is 5.76 Å². The van der Waals surface area contributed by atoms with E-state index in [9.17, 15) is 13.5 Å². The first-order valence-corrected chi connectivity index (χ1v) is 9.55. The lowest BCUT2D eigenvalue weighted by molar-refractivity contribution is 0.220. The molecule has 0 saturated heterocycles. The van der Waals surface area contributed by atoms with E-state index in [0.717, 1.165) is 5.56 Å². The van der Waals surface area contributed by atoms with E-state index in [-0.39, 0.29) is 29.9 Å². The molecule has 3 rings (SSSR count). The highest BCUT2D eigenvalue weighted by Crippen LogP contribution is 2.28. The van der Waals surface area contributed by atoms with Gasteiger partial charge in [0.25, 0.3) is 10.0 Å². The van der Waals surface area contributed by atoms with E-state index in [1.165, 1.54) is 18.4 Å². The number of rotatable bonds is 8. The molecule has 0 aliphatic rings. The Bertz CT molecular complexity index is 955. The van der Waals surface area contributed by atoms with Crippen molar-refractivity contribution >= 4 is 10.0 Å². The van der Waals surface area contributed by atoms with E-state index in [1.54, 1.807) is 19.1 Å². The van der Waals surface area contributed by atoms with Gasteiger partial charge in [-0.1, -0.05) is 5.16 Å². The van der Waals surface area contributed by atoms with Crippen LogP contribution in [0.15, 0.2) is 49.0 Å². The lowest BCUT2D eigenvalue weighted by Gasteiger charge is -2.13. The predicted molar refractivity (Wildman–Crippen MR) is 91.9 cm³/mol. The van der Waals surface area contributed by atoms with Crippen LogP contribution in [0.3, 0.4) is 0 Å². The molecule has 0 fully saturated rings. The lowest BCUT2D eigenvalue weighted by atomic mass is 10.1. The van der Waals surface area contributed by atoms with Crippen molar-refractivity contribution in [3.63, 3.8) is 0 Å². The van der Waals surface area contributed by atoms with Crippen molar-refractivity contribution in [1.82, 2.24) is 9.88 Å². The maximum atomic E-state index is 12.4. The van der Waals surface area contributed by atoms with Gasteiger partial charge >= 0.3 is 0 Å². The number of sulfonamides is 1. The van der Waals surface area contributed by atoms with Crippen molar-refractivity contribution in [2.24, 2.45) is 5.92 Å². The summed E-state index contributed by atoms with van der Waals surface area (Å²) < 4.78 is 43.2. The summed E-state index contributed by atoms with van der Waals surface area (Å²) in [5.41, 5.74) is 1.50. The molecule has 1 unspecified atom stereocenters. The molecular weight excluding hydrogens is 360 g/mol. The topological polar surface area (TPSA) is 119 Å². The van der Waals surface area contributed by atoms with Crippen LogP contribution in [0, 0.1) is 19.8 Å². The summed E-state index contributed by atoms with van der Waals surface area (Å²) in [5.74, 6) is 1.05. The molecule has 0 bridgehead atoms. The lowest BCUT2D eigenvalue weighted by Crippen LogP contribution is -2.31. The Balaban J connectivity index is 1.69. The van der Waals surface area contributed by atoms with Crippen molar-refractivity contribution in [3.05, 3.63) is 47.5 Å². The fourth-order valence-electron chi connectivity index (χ4n) is 2.44. The second kappa shape index (κ2) is 7.48. The van der Waals surface area contributed by atoms with Crippen molar-refractivity contribution in [2.75, 3.05) is 13.2 Å². The molecule has 140 valence electrons. The third kappa shape index (κ3) is 3.90. The molecule has 0 aliphatic heterocycles. The average molecular weight is 380 g/mol. The number of hydrogen-bond acceptors (Lipinski definition) is 7. The Morgan fingerprint density at radius 3 is 2.69 bits per heavy atom. The standard InChI is InChI=1S/C17H20N2O6S/c1-11-12(2)19-25-17(11)15-5-6-16(24-15)26(21,22)18-9-13(10-20)8-14-4-3-7-23-14/h3-7,13,18,20H,8-10H2,1-2H3. The van der Waals surface area contributed by atoms with Crippen LogP contribution < -0.4 is 4.72 Å². The first-order valence-electron chi connectivity index (χ1n) is 8.06. The Kier molecular flexibility index (Phi) is 5.30. The zero-order valence-electron chi connectivity index (χ0n) is 14.4. The van der Waals surface area contributed by atoms with Gasteiger partial charge in [0, 0.05) is 31.1 Å². The molecule has 3 heterocycles. The highest BCUT2D eigenvalue weighted by Gasteiger charge is 2.23. The summed E-state index contributed by atoms with van der Waals surface area (Å²) in [4.78, 5) is 0. The number of furan rings is 2. The summed E-state index contributed by atoms with van der Waals surface area (Å²) in [6, 6.07) is 6.40. The number of hydrogen-bond donors (Lipinski definition) is 2. The van der Waals surface area contributed by atoms with Gasteiger partial charge in [-0.3, -0.25) is 0 Å². The summed E-state index contributed by atoms with van der Waals surface area (Å²) in [5, 5.41) is 13.1. The Morgan fingerprint density at radius 2 is 2.08 bits per heavy atom. The highest BCUT2D eigenvalue weighted by molar-refractivity contribution is 7.89. The Labute approximate surface area is 150 Å². The van der Waals surface area contributed by atoms with E-state index >= 15 is 0 Å². The quantitative estimate of drug-likeness (QED) is 0.615. The van der Waals surface area contributed by atoms with Gasteiger partial charge in [0.2, 0.25) is 10.9 Å². The molecule has 0 aromatic carbocycles.